The predicted molar refractivity (Wildman–Crippen MR) is 107 cm³/mol. The van der Waals surface area contributed by atoms with Crippen molar-refractivity contribution in [1.82, 2.24) is 14.8 Å². The van der Waals surface area contributed by atoms with Crippen LogP contribution in [0.4, 0.5) is 0 Å². The van der Waals surface area contributed by atoms with E-state index in [1.807, 2.05) is 36.4 Å². The van der Waals surface area contributed by atoms with Gasteiger partial charge in [-0.3, -0.25) is 0 Å². The lowest BCUT2D eigenvalue weighted by atomic mass is 10.2. The van der Waals surface area contributed by atoms with E-state index >= 15 is 0 Å². The van der Waals surface area contributed by atoms with Gasteiger partial charge in [-0.25, -0.2) is 0 Å². The number of nitrogens with zero attached hydrogens (tertiary/aromatic N) is 3. The number of hydrogen-bond donors (Lipinski definition) is 0. The van der Waals surface area contributed by atoms with Crippen LogP contribution in [0.15, 0.2) is 47.6 Å². The second kappa shape index (κ2) is 8.81. The molecule has 0 fully saturated rings. The van der Waals surface area contributed by atoms with Gasteiger partial charge in [0.15, 0.2) is 22.5 Å². The van der Waals surface area contributed by atoms with Crippen LogP contribution in [0.3, 0.4) is 0 Å². The van der Waals surface area contributed by atoms with E-state index in [0.717, 1.165) is 34.6 Å². The van der Waals surface area contributed by atoms with Crippen LogP contribution in [0.2, 0.25) is 0 Å². The van der Waals surface area contributed by atoms with Crippen molar-refractivity contribution >= 4 is 11.8 Å². The first kappa shape index (κ1) is 19.1. The third-order valence-electron chi connectivity index (χ3n) is 4.18. The molecular formula is C20H23N3O3S. The average Bonchev–Trinajstić information content (AvgIpc) is 3.14. The van der Waals surface area contributed by atoms with Crippen molar-refractivity contribution in [2.75, 3.05) is 21.3 Å². The molecule has 0 radical (unpaired) electrons. The Kier molecular flexibility index (Phi) is 6.24. The lowest BCUT2D eigenvalue weighted by Gasteiger charge is -2.11. The van der Waals surface area contributed by atoms with Crippen LogP contribution in [0.1, 0.15) is 12.5 Å². The molecule has 142 valence electrons. The van der Waals surface area contributed by atoms with Crippen molar-refractivity contribution in [3.63, 3.8) is 0 Å². The minimum absolute atomic E-state index is 0.672. The van der Waals surface area contributed by atoms with Gasteiger partial charge in [-0.15, -0.1) is 10.2 Å². The zero-order valence-electron chi connectivity index (χ0n) is 15.9. The van der Waals surface area contributed by atoms with Crippen LogP contribution in [-0.2, 0) is 12.3 Å². The molecule has 3 aromatic rings. The van der Waals surface area contributed by atoms with E-state index in [1.54, 1.807) is 33.1 Å². The highest BCUT2D eigenvalue weighted by molar-refractivity contribution is 7.98. The second-order valence-electron chi connectivity index (χ2n) is 5.76. The zero-order valence-corrected chi connectivity index (χ0v) is 16.7. The number of hydrogen-bond acceptors (Lipinski definition) is 6. The summed E-state index contributed by atoms with van der Waals surface area (Å²) in [5.41, 5.74) is 2.12. The summed E-state index contributed by atoms with van der Waals surface area (Å²) in [4.78, 5) is 0. The third-order valence-corrected chi connectivity index (χ3v) is 5.21. The van der Waals surface area contributed by atoms with Gasteiger partial charge in [0, 0.05) is 17.9 Å². The number of methoxy groups -OCH3 is 3. The van der Waals surface area contributed by atoms with Gasteiger partial charge in [0.05, 0.1) is 21.3 Å². The van der Waals surface area contributed by atoms with Crippen LogP contribution in [-0.4, -0.2) is 36.1 Å². The molecule has 27 heavy (non-hydrogen) atoms. The lowest BCUT2D eigenvalue weighted by Crippen LogP contribution is -2.00. The minimum Gasteiger partial charge on any atom is -0.497 e. The lowest BCUT2D eigenvalue weighted by molar-refractivity contribution is 0.355. The molecule has 2 aromatic carbocycles. The predicted octanol–water partition coefficient (Wildman–Crippen LogP) is 4.28. The smallest absolute Gasteiger partial charge is 0.191 e. The summed E-state index contributed by atoms with van der Waals surface area (Å²) in [5, 5.41) is 9.68. The van der Waals surface area contributed by atoms with E-state index < -0.39 is 0 Å². The quantitative estimate of drug-likeness (QED) is 0.539. The van der Waals surface area contributed by atoms with Crippen LogP contribution in [0.25, 0.3) is 11.4 Å². The Labute approximate surface area is 163 Å². The van der Waals surface area contributed by atoms with E-state index in [0.29, 0.717) is 11.5 Å². The number of rotatable bonds is 8. The molecule has 0 amide bonds. The Balaban J connectivity index is 1.84. The highest BCUT2D eigenvalue weighted by atomic mass is 32.2. The maximum Gasteiger partial charge on any atom is 0.191 e. The fourth-order valence-electron chi connectivity index (χ4n) is 2.78. The van der Waals surface area contributed by atoms with Crippen molar-refractivity contribution in [2.24, 2.45) is 0 Å². The Morgan fingerprint density at radius 2 is 1.74 bits per heavy atom. The molecule has 0 unspecified atom stereocenters. The number of benzene rings is 2. The van der Waals surface area contributed by atoms with Crippen LogP contribution in [0.5, 0.6) is 17.2 Å². The van der Waals surface area contributed by atoms with E-state index in [-0.39, 0.29) is 0 Å². The molecule has 1 heterocycles. The molecule has 0 atom stereocenters. The Morgan fingerprint density at radius 1 is 0.926 bits per heavy atom. The van der Waals surface area contributed by atoms with Gasteiger partial charge in [0.1, 0.15) is 5.75 Å². The van der Waals surface area contributed by atoms with Gasteiger partial charge in [-0.1, -0.05) is 23.9 Å². The third kappa shape index (κ3) is 4.19. The number of thioether (sulfide) groups is 1. The number of aromatic nitrogens is 3. The molecule has 0 aliphatic rings. The fraction of sp³-hybridized carbons (Fsp3) is 0.300. The van der Waals surface area contributed by atoms with Crippen molar-refractivity contribution < 1.29 is 14.2 Å². The molecule has 6 nitrogen and oxygen atoms in total. The fourth-order valence-corrected chi connectivity index (χ4v) is 3.72. The first-order chi connectivity index (χ1) is 13.2. The Bertz CT molecular complexity index is 911. The summed E-state index contributed by atoms with van der Waals surface area (Å²) in [6.45, 7) is 2.86. The molecule has 0 N–H and O–H groups in total. The molecule has 0 aliphatic carbocycles. The Hall–Kier alpha value is -2.67. The van der Waals surface area contributed by atoms with E-state index in [9.17, 15) is 0 Å². The average molecular weight is 385 g/mol. The summed E-state index contributed by atoms with van der Waals surface area (Å²) in [7, 11) is 4.93. The molecular weight excluding hydrogens is 362 g/mol. The molecule has 3 rings (SSSR count). The second-order valence-corrected chi connectivity index (χ2v) is 6.70. The first-order valence-corrected chi connectivity index (χ1v) is 9.60. The van der Waals surface area contributed by atoms with E-state index in [2.05, 4.69) is 27.8 Å². The minimum atomic E-state index is 0.672. The molecule has 7 heteroatoms. The van der Waals surface area contributed by atoms with Crippen molar-refractivity contribution in [2.45, 2.75) is 24.4 Å². The van der Waals surface area contributed by atoms with E-state index in [1.165, 1.54) is 5.56 Å². The normalized spacial score (nSPS) is 10.7. The summed E-state index contributed by atoms with van der Waals surface area (Å²) in [6, 6.07) is 13.8. The molecule has 0 spiro atoms. The zero-order chi connectivity index (χ0) is 19.2. The maximum absolute atomic E-state index is 5.41. The van der Waals surface area contributed by atoms with Crippen molar-refractivity contribution in [1.29, 1.82) is 0 Å². The van der Waals surface area contributed by atoms with Crippen molar-refractivity contribution in [3.05, 3.63) is 48.0 Å². The van der Waals surface area contributed by atoms with E-state index in [4.69, 9.17) is 14.2 Å². The molecule has 1 aromatic heterocycles. The molecule has 0 bridgehead atoms. The highest BCUT2D eigenvalue weighted by Gasteiger charge is 2.15. The Morgan fingerprint density at radius 3 is 2.44 bits per heavy atom. The summed E-state index contributed by atoms with van der Waals surface area (Å²) >= 11 is 1.65. The largest absolute Gasteiger partial charge is 0.497 e. The standard InChI is InChI=1S/C20H23N3O3S/c1-5-23-19(15-9-10-17(25-3)18(12-15)26-4)21-22-20(23)27-13-14-7-6-8-16(11-14)24-2/h6-12H,5,13H2,1-4H3. The highest BCUT2D eigenvalue weighted by Crippen LogP contribution is 2.33. The number of ether oxygens (including phenoxy) is 3. The molecule has 0 saturated carbocycles. The SMILES string of the molecule is CCn1c(SCc2cccc(OC)c2)nnc1-c1ccc(OC)c(OC)c1. The van der Waals surface area contributed by atoms with Crippen LogP contribution in [0, 0.1) is 0 Å². The topological polar surface area (TPSA) is 58.4 Å². The van der Waals surface area contributed by atoms with Gasteiger partial charge >= 0.3 is 0 Å². The van der Waals surface area contributed by atoms with Gasteiger partial charge in [0.25, 0.3) is 0 Å². The van der Waals surface area contributed by atoms with Crippen molar-refractivity contribution in [3.8, 4) is 28.6 Å². The molecule has 0 aliphatic heterocycles. The van der Waals surface area contributed by atoms with Crippen LogP contribution >= 0.6 is 11.8 Å². The van der Waals surface area contributed by atoms with Gasteiger partial charge in [0.2, 0.25) is 0 Å². The van der Waals surface area contributed by atoms with Crippen LogP contribution < -0.4 is 14.2 Å². The summed E-state index contributed by atoms with van der Waals surface area (Å²) < 4.78 is 18.1. The van der Waals surface area contributed by atoms with Gasteiger partial charge in [-0.2, -0.15) is 0 Å². The molecule has 0 saturated heterocycles. The first-order valence-electron chi connectivity index (χ1n) is 8.61. The van der Waals surface area contributed by atoms with Gasteiger partial charge < -0.3 is 18.8 Å². The van der Waals surface area contributed by atoms with Gasteiger partial charge in [-0.05, 0) is 42.8 Å². The monoisotopic (exact) mass is 385 g/mol. The summed E-state index contributed by atoms with van der Waals surface area (Å²) in [6.07, 6.45) is 0. The maximum atomic E-state index is 5.41. The summed E-state index contributed by atoms with van der Waals surface area (Å²) in [5.74, 6) is 3.83.